The summed E-state index contributed by atoms with van der Waals surface area (Å²) >= 11 is 0. The summed E-state index contributed by atoms with van der Waals surface area (Å²) in [7, 11) is 0. The summed E-state index contributed by atoms with van der Waals surface area (Å²) in [5.41, 5.74) is 0.209. The molecule has 2 rings (SSSR count). The van der Waals surface area contributed by atoms with Crippen molar-refractivity contribution in [2.45, 2.75) is 6.92 Å². The van der Waals surface area contributed by atoms with Crippen molar-refractivity contribution in [2.75, 3.05) is 11.4 Å². The van der Waals surface area contributed by atoms with Crippen LogP contribution in [0.3, 0.4) is 0 Å². The predicted molar refractivity (Wildman–Crippen MR) is 57.9 cm³/mol. The Morgan fingerprint density at radius 3 is 2.59 bits per heavy atom. The van der Waals surface area contributed by atoms with Crippen LogP contribution in [0, 0.1) is 11.6 Å². The van der Waals surface area contributed by atoms with Gasteiger partial charge in [0.2, 0.25) is 0 Å². The molecule has 0 aromatic heterocycles. The number of anilines is 1. The number of hydrogen-bond donors (Lipinski definition) is 0. The molecule has 1 aliphatic rings. The fourth-order valence-corrected chi connectivity index (χ4v) is 1.77. The zero-order chi connectivity index (χ0) is 12.7. The highest BCUT2D eigenvalue weighted by atomic mass is 19.1. The van der Waals surface area contributed by atoms with Crippen molar-refractivity contribution >= 4 is 17.4 Å². The zero-order valence-electron chi connectivity index (χ0n) is 9.09. The fraction of sp³-hybridized carbons (Fsp3) is 0.167. The van der Waals surface area contributed by atoms with Crippen LogP contribution in [0.5, 0.6) is 0 Å². The van der Waals surface area contributed by atoms with E-state index < -0.39 is 23.3 Å². The first-order valence-electron chi connectivity index (χ1n) is 4.91. The third-order valence-electron chi connectivity index (χ3n) is 2.41. The smallest absolute Gasteiger partial charge is 0.298 e. The van der Waals surface area contributed by atoms with Crippen LogP contribution in [-0.2, 0) is 4.79 Å². The number of rotatable bonds is 2. The Morgan fingerprint density at radius 1 is 1.35 bits per heavy atom. The summed E-state index contributed by atoms with van der Waals surface area (Å²) in [4.78, 5) is 24.1. The van der Waals surface area contributed by atoms with Gasteiger partial charge in [-0.25, -0.2) is 8.78 Å². The average Bonchev–Trinajstić information content (AvgIpc) is 2.43. The molecule has 1 aliphatic heterocycles. The molecule has 0 atom stereocenters. The van der Waals surface area contributed by atoms with Crippen LogP contribution in [0.1, 0.15) is 17.3 Å². The van der Waals surface area contributed by atoms with E-state index in [9.17, 15) is 18.4 Å². The summed E-state index contributed by atoms with van der Waals surface area (Å²) in [5, 5.41) is 0. The molecule has 5 heteroatoms. The van der Waals surface area contributed by atoms with E-state index in [0.29, 0.717) is 11.6 Å². The molecule has 88 valence electrons. The Kier molecular flexibility index (Phi) is 2.53. The van der Waals surface area contributed by atoms with E-state index in [1.54, 1.807) is 6.92 Å². The Morgan fingerprint density at radius 2 is 2.00 bits per heavy atom. The topological polar surface area (TPSA) is 37.4 Å². The van der Waals surface area contributed by atoms with Crippen molar-refractivity contribution in [2.24, 2.45) is 0 Å². The van der Waals surface area contributed by atoms with E-state index in [4.69, 9.17) is 0 Å². The second kappa shape index (κ2) is 3.76. The number of halogens is 2. The minimum Gasteiger partial charge on any atom is -0.298 e. The molecule has 0 saturated carbocycles. The van der Waals surface area contributed by atoms with Crippen LogP contribution in [0.15, 0.2) is 24.3 Å². The van der Waals surface area contributed by atoms with E-state index in [-0.39, 0.29) is 17.8 Å². The number of hydrogen-bond acceptors (Lipinski definition) is 2. The molecule has 0 spiro atoms. The number of fused-ring (bicyclic) bond motifs is 1. The first-order chi connectivity index (χ1) is 7.91. The lowest BCUT2D eigenvalue weighted by Gasteiger charge is -2.16. The number of carbonyl (C=O) groups excluding carboxylic acids is 2. The number of ketones is 1. The Labute approximate surface area is 96.3 Å². The van der Waals surface area contributed by atoms with Gasteiger partial charge in [0.05, 0.1) is 11.3 Å². The van der Waals surface area contributed by atoms with Crippen LogP contribution in [-0.4, -0.2) is 18.2 Å². The van der Waals surface area contributed by atoms with E-state index in [0.717, 1.165) is 11.0 Å². The van der Waals surface area contributed by atoms with Crippen LogP contribution < -0.4 is 4.90 Å². The van der Waals surface area contributed by atoms with Crippen molar-refractivity contribution in [3.8, 4) is 0 Å². The van der Waals surface area contributed by atoms with Gasteiger partial charge >= 0.3 is 0 Å². The number of carbonyl (C=O) groups is 2. The van der Waals surface area contributed by atoms with Gasteiger partial charge in [0, 0.05) is 12.6 Å². The van der Waals surface area contributed by atoms with Gasteiger partial charge in [-0.15, -0.1) is 0 Å². The standard InChI is InChI=1S/C12H9F2NO2/c1-6(2)5-15-10-8(11(16)12(15)17)3-7(13)4-9(10)14/h3-4H,1,5H2,2H3. The molecule has 1 amide bonds. The van der Waals surface area contributed by atoms with Gasteiger partial charge in [0.15, 0.2) is 5.82 Å². The van der Waals surface area contributed by atoms with Gasteiger partial charge in [-0.05, 0) is 13.0 Å². The maximum Gasteiger partial charge on any atom is 0.299 e. The molecule has 17 heavy (non-hydrogen) atoms. The lowest BCUT2D eigenvalue weighted by molar-refractivity contribution is -0.114. The molecule has 0 unspecified atom stereocenters. The number of benzene rings is 1. The molecule has 1 heterocycles. The van der Waals surface area contributed by atoms with Crippen molar-refractivity contribution in [1.82, 2.24) is 0 Å². The molecule has 0 N–H and O–H groups in total. The summed E-state index contributed by atoms with van der Waals surface area (Å²) in [6.45, 7) is 5.29. The Balaban J connectivity index is 2.60. The van der Waals surface area contributed by atoms with Gasteiger partial charge in [-0.2, -0.15) is 0 Å². The lowest BCUT2D eigenvalue weighted by Crippen LogP contribution is -2.31. The van der Waals surface area contributed by atoms with Crippen LogP contribution in [0.25, 0.3) is 0 Å². The Bertz CT molecular complexity index is 552. The maximum absolute atomic E-state index is 13.6. The highest BCUT2D eigenvalue weighted by Crippen LogP contribution is 2.32. The largest absolute Gasteiger partial charge is 0.299 e. The molecule has 0 fully saturated rings. The number of nitrogens with zero attached hydrogens (tertiary/aromatic N) is 1. The van der Waals surface area contributed by atoms with E-state index in [1.807, 2.05) is 0 Å². The van der Waals surface area contributed by atoms with Gasteiger partial charge in [0.1, 0.15) is 5.82 Å². The SMILES string of the molecule is C=C(C)CN1C(=O)C(=O)c2cc(F)cc(F)c21. The monoisotopic (exact) mass is 237 g/mol. The third kappa shape index (κ3) is 1.73. The normalized spacial score (nSPS) is 14.2. The van der Waals surface area contributed by atoms with Crippen molar-refractivity contribution in [3.05, 3.63) is 41.5 Å². The van der Waals surface area contributed by atoms with Crippen molar-refractivity contribution < 1.29 is 18.4 Å². The van der Waals surface area contributed by atoms with Gasteiger partial charge in [-0.3, -0.25) is 14.5 Å². The molecule has 1 aromatic rings. The van der Waals surface area contributed by atoms with Gasteiger partial charge < -0.3 is 0 Å². The van der Waals surface area contributed by atoms with E-state index in [2.05, 4.69) is 6.58 Å². The molecular formula is C12H9F2NO2. The van der Waals surface area contributed by atoms with Gasteiger partial charge in [-0.1, -0.05) is 12.2 Å². The highest BCUT2D eigenvalue weighted by Gasteiger charge is 2.38. The quantitative estimate of drug-likeness (QED) is 0.583. The molecule has 0 bridgehead atoms. The molecule has 0 aliphatic carbocycles. The molecule has 0 radical (unpaired) electrons. The van der Waals surface area contributed by atoms with Crippen molar-refractivity contribution in [1.29, 1.82) is 0 Å². The molecule has 0 saturated heterocycles. The highest BCUT2D eigenvalue weighted by molar-refractivity contribution is 6.52. The summed E-state index contributed by atoms with van der Waals surface area (Å²) in [5.74, 6) is -3.54. The third-order valence-corrected chi connectivity index (χ3v) is 2.41. The van der Waals surface area contributed by atoms with E-state index >= 15 is 0 Å². The molecule has 3 nitrogen and oxygen atoms in total. The second-order valence-corrected chi connectivity index (χ2v) is 3.96. The molecular weight excluding hydrogens is 228 g/mol. The maximum atomic E-state index is 13.6. The minimum absolute atomic E-state index is 0.0418. The Hall–Kier alpha value is -2.04. The number of amides is 1. The first-order valence-corrected chi connectivity index (χ1v) is 4.91. The first kappa shape index (κ1) is 11.4. The van der Waals surface area contributed by atoms with Crippen LogP contribution in [0.4, 0.5) is 14.5 Å². The summed E-state index contributed by atoms with van der Waals surface area (Å²) < 4.78 is 26.6. The lowest BCUT2D eigenvalue weighted by atomic mass is 10.1. The summed E-state index contributed by atoms with van der Waals surface area (Å²) in [6, 6.07) is 1.52. The minimum atomic E-state index is -0.916. The van der Waals surface area contributed by atoms with Crippen LogP contribution >= 0.6 is 0 Å². The van der Waals surface area contributed by atoms with Gasteiger partial charge in [0.25, 0.3) is 11.7 Å². The zero-order valence-corrected chi connectivity index (χ0v) is 9.09. The fourth-order valence-electron chi connectivity index (χ4n) is 1.77. The predicted octanol–water partition coefficient (Wildman–Crippen LogP) is 2.07. The van der Waals surface area contributed by atoms with E-state index in [1.165, 1.54) is 0 Å². The number of Topliss-reactive ketones (excluding diaryl/α,β-unsaturated/α-hetero) is 1. The molecule has 1 aromatic carbocycles. The average molecular weight is 237 g/mol. The van der Waals surface area contributed by atoms with Crippen molar-refractivity contribution in [3.63, 3.8) is 0 Å². The van der Waals surface area contributed by atoms with Crippen LogP contribution in [0.2, 0.25) is 0 Å². The summed E-state index contributed by atoms with van der Waals surface area (Å²) in [6.07, 6.45) is 0. The second-order valence-electron chi connectivity index (χ2n) is 3.96.